The predicted molar refractivity (Wildman–Crippen MR) is 80.5 cm³/mol. The van der Waals surface area contributed by atoms with Crippen molar-refractivity contribution in [1.29, 1.82) is 0 Å². The van der Waals surface area contributed by atoms with E-state index in [1.807, 2.05) is 0 Å². The van der Waals surface area contributed by atoms with Crippen LogP contribution in [-0.2, 0) is 24.3 Å². The fourth-order valence-electron chi connectivity index (χ4n) is 1.62. The molecule has 0 spiro atoms. The standard InChI is InChI=1S/C14H20N2O5S/c1-3-21-14(18)11(2)16-13(17)9-10-15-22(19,20)12-7-5-4-6-8-12/h4-8,11,15H,3,9-10H2,1-2H3,(H,16,17)/t11-/m1/s1. The summed E-state index contributed by atoms with van der Waals surface area (Å²) in [6, 6.07) is 7.10. The molecule has 0 saturated heterocycles. The highest BCUT2D eigenvalue weighted by Gasteiger charge is 2.17. The van der Waals surface area contributed by atoms with Gasteiger partial charge in [-0.15, -0.1) is 0 Å². The lowest BCUT2D eigenvalue weighted by Gasteiger charge is -2.12. The zero-order valence-electron chi connectivity index (χ0n) is 12.5. The van der Waals surface area contributed by atoms with E-state index in [0.29, 0.717) is 0 Å². The van der Waals surface area contributed by atoms with E-state index in [1.54, 1.807) is 25.1 Å². The van der Waals surface area contributed by atoms with Crippen molar-refractivity contribution in [2.24, 2.45) is 0 Å². The Morgan fingerprint density at radius 2 is 1.86 bits per heavy atom. The fourth-order valence-corrected chi connectivity index (χ4v) is 2.67. The lowest BCUT2D eigenvalue weighted by atomic mass is 10.3. The number of benzene rings is 1. The minimum atomic E-state index is -3.63. The first-order chi connectivity index (χ1) is 10.4. The molecule has 0 aliphatic heterocycles. The molecule has 0 unspecified atom stereocenters. The molecule has 1 rings (SSSR count). The summed E-state index contributed by atoms with van der Waals surface area (Å²) in [5, 5.41) is 2.44. The van der Waals surface area contributed by atoms with Gasteiger partial charge < -0.3 is 10.1 Å². The van der Waals surface area contributed by atoms with Gasteiger partial charge in [0.2, 0.25) is 15.9 Å². The third kappa shape index (κ3) is 5.82. The van der Waals surface area contributed by atoms with Crippen LogP contribution < -0.4 is 10.0 Å². The Hall–Kier alpha value is -1.93. The summed E-state index contributed by atoms with van der Waals surface area (Å²) in [7, 11) is -3.63. The van der Waals surface area contributed by atoms with Gasteiger partial charge in [-0.25, -0.2) is 17.9 Å². The van der Waals surface area contributed by atoms with Crippen molar-refractivity contribution in [3.63, 3.8) is 0 Å². The van der Waals surface area contributed by atoms with Crippen molar-refractivity contribution in [1.82, 2.24) is 10.0 Å². The van der Waals surface area contributed by atoms with Crippen molar-refractivity contribution in [2.45, 2.75) is 31.2 Å². The zero-order chi connectivity index (χ0) is 16.6. The van der Waals surface area contributed by atoms with Gasteiger partial charge in [0.15, 0.2) is 0 Å². The Labute approximate surface area is 130 Å². The quantitative estimate of drug-likeness (QED) is 0.674. The Kier molecular flexibility index (Phi) is 7.00. The van der Waals surface area contributed by atoms with Crippen molar-refractivity contribution in [3.8, 4) is 0 Å². The molecule has 2 N–H and O–H groups in total. The fraction of sp³-hybridized carbons (Fsp3) is 0.429. The molecule has 0 aromatic heterocycles. The molecule has 8 heteroatoms. The van der Waals surface area contributed by atoms with E-state index in [0.717, 1.165) is 0 Å². The molecule has 0 fully saturated rings. The first kappa shape index (κ1) is 18.1. The average molecular weight is 328 g/mol. The van der Waals surface area contributed by atoms with Gasteiger partial charge >= 0.3 is 5.97 Å². The lowest BCUT2D eigenvalue weighted by Crippen LogP contribution is -2.40. The maximum atomic E-state index is 11.9. The number of carbonyl (C=O) groups excluding carboxylic acids is 2. The molecular formula is C14H20N2O5S. The van der Waals surface area contributed by atoms with Crippen LogP contribution in [0.1, 0.15) is 20.3 Å². The molecule has 0 heterocycles. The summed E-state index contributed by atoms with van der Waals surface area (Å²) >= 11 is 0. The van der Waals surface area contributed by atoms with Gasteiger partial charge in [-0.2, -0.15) is 0 Å². The Balaban J connectivity index is 2.41. The third-order valence-corrected chi connectivity index (χ3v) is 4.19. The number of rotatable bonds is 8. The highest BCUT2D eigenvalue weighted by atomic mass is 32.2. The molecule has 22 heavy (non-hydrogen) atoms. The van der Waals surface area contributed by atoms with Gasteiger partial charge in [-0.05, 0) is 26.0 Å². The summed E-state index contributed by atoms with van der Waals surface area (Å²) in [6.07, 6.45) is -0.0736. The van der Waals surface area contributed by atoms with Gasteiger partial charge in [-0.3, -0.25) is 4.79 Å². The smallest absolute Gasteiger partial charge is 0.328 e. The SMILES string of the molecule is CCOC(=O)[C@@H](C)NC(=O)CCNS(=O)(=O)c1ccccc1. The van der Waals surface area contributed by atoms with E-state index in [2.05, 4.69) is 10.0 Å². The molecule has 0 radical (unpaired) electrons. The minimum Gasteiger partial charge on any atom is -0.464 e. The minimum absolute atomic E-state index is 0.0569. The molecule has 0 aliphatic rings. The van der Waals surface area contributed by atoms with Crippen LogP contribution in [0.3, 0.4) is 0 Å². The highest BCUT2D eigenvalue weighted by molar-refractivity contribution is 7.89. The van der Waals surface area contributed by atoms with Crippen LogP contribution in [0.25, 0.3) is 0 Å². The van der Waals surface area contributed by atoms with Crippen LogP contribution >= 0.6 is 0 Å². The molecule has 7 nitrogen and oxygen atoms in total. The van der Waals surface area contributed by atoms with Crippen molar-refractivity contribution >= 4 is 21.9 Å². The normalized spacial score (nSPS) is 12.5. The van der Waals surface area contributed by atoms with Gasteiger partial charge in [0.1, 0.15) is 6.04 Å². The number of hydrogen-bond donors (Lipinski definition) is 2. The summed E-state index contributed by atoms with van der Waals surface area (Å²) in [4.78, 5) is 23.1. The van der Waals surface area contributed by atoms with Gasteiger partial charge in [0.05, 0.1) is 11.5 Å². The van der Waals surface area contributed by atoms with Crippen molar-refractivity contribution in [2.75, 3.05) is 13.2 Å². The first-order valence-corrected chi connectivity index (χ1v) is 8.36. The number of amides is 1. The second-order valence-corrected chi connectivity index (χ2v) is 6.27. The van der Waals surface area contributed by atoms with E-state index in [1.165, 1.54) is 19.1 Å². The van der Waals surface area contributed by atoms with Gasteiger partial charge in [0, 0.05) is 13.0 Å². The summed E-state index contributed by atoms with van der Waals surface area (Å²) < 4.78 is 30.9. The number of esters is 1. The zero-order valence-corrected chi connectivity index (χ0v) is 13.4. The van der Waals surface area contributed by atoms with Crippen LogP contribution in [0.15, 0.2) is 35.2 Å². The molecule has 0 aliphatic carbocycles. The van der Waals surface area contributed by atoms with Crippen molar-refractivity contribution in [3.05, 3.63) is 30.3 Å². The van der Waals surface area contributed by atoms with E-state index in [4.69, 9.17) is 4.74 Å². The number of nitrogens with one attached hydrogen (secondary N) is 2. The van der Waals surface area contributed by atoms with Crippen LogP contribution in [0.2, 0.25) is 0 Å². The summed E-state index contributed by atoms with van der Waals surface area (Å²) in [5.74, 6) is -0.961. The summed E-state index contributed by atoms with van der Waals surface area (Å²) in [5.41, 5.74) is 0. The maximum absolute atomic E-state index is 11.9. The molecule has 1 aromatic carbocycles. The van der Waals surface area contributed by atoms with Crippen LogP contribution in [0.4, 0.5) is 0 Å². The third-order valence-electron chi connectivity index (χ3n) is 2.72. The van der Waals surface area contributed by atoms with E-state index >= 15 is 0 Å². The molecule has 1 atom stereocenters. The largest absolute Gasteiger partial charge is 0.464 e. The number of sulfonamides is 1. The Bertz CT molecular complexity index is 601. The van der Waals surface area contributed by atoms with Gasteiger partial charge in [-0.1, -0.05) is 18.2 Å². The van der Waals surface area contributed by atoms with E-state index in [9.17, 15) is 18.0 Å². The molecule has 0 bridgehead atoms. The number of ether oxygens (including phenoxy) is 1. The Morgan fingerprint density at radius 1 is 1.23 bits per heavy atom. The van der Waals surface area contributed by atoms with Gasteiger partial charge in [0.25, 0.3) is 0 Å². The number of hydrogen-bond acceptors (Lipinski definition) is 5. The highest BCUT2D eigenvalue weighted by Crippen LogP contribution is 2.06. The summed E-state index contributed by atoms with van der Waals surface area (Å²) in [6.45, 7) is 3.35. The topological polar surface area (TPSA) is 102 Å². The second kappa shape index (κ2) is 8.50. The van der Waals surface area contributed by atoms with Crippen molar-refractivity contribution < 1.29 is 22.7 Å². The van der Waals surface area contributed by atoms with E-state index < -0.39 is 27.9 Å². The molecular weight excluding hydrogens is 308 g/mol. The average Bonchev–Trinajstić information content (AvgIpc) is 2.48. The lowest BCUT2D eigenvalue weighted by molar-refractivity contribution is -0.146. The monoisotopic (exact) mass is 328 g/mol. The molecule has 0 saturated carbocycles. The van der Waals surface area contributed by atoms with E-state index in [-0.39, 0.29) is 24.5 Å². The molecule has 1 amide bonds. The van der Waals surface area contributed by atoms with Crippen LogP contribution in [0.5, 0.6) is 0 Å². The first-order valence-electron chi connectivity index (χ1n) is 6.87. The second-order valence-electron chi connectivity index (χ2n) is 4.50. The Morgan fingerprint density at radius 3 is 2.45 bits per heavy atom. The van der Waals surface area contributed by atoms with Crippen LogP contribution in [0, 0.1) is 0 Å². The maximum Gasteiger partial charge on any atom is 0.328 e. The molecule has 122 valence electrons. The van der Waals surface area contributed by atoms with Crippen LogP contribution in [-0.4, -0.2) is 39.5 Å². The predicted octanol–water partition coefficient (Wildman–Crippen LogP) is 0.423. The number of carbonyl (C=O) groups is 2. The molecule has 1 aromatic rings.